The lowest BCUT2D eigenvalue weighted by molar-refractivity contribution is -0.115. The largest absolute Gasteiger partial charge is 0.396 e. The number of carbonyl (C=O) groups is 1. The number of para-hydroxylation sites is 1. The van der Waals surface area contributed by atoms with Crippen LogP contribution in [0.25, 0.3) is 0 Å². The van der Waals surface area contributed by atoms with Gasteiger partial charge in [0.25, 0.3) is 0 Å². The Bertz CT molecular complexity index is 439. The monoisotopic (exact) mass is 266 g/mol. The zero-order chi connectivity index (χ0) is 13.7. The van der Waals surface area contributed by atoms with Gasteiger partial charge in [0.1, 0.15) is 5.82 Å². The van der Waals surface area contributed by atoms with Crippen LogP contribution >= 0.6 is 0 Å². The van der Waals surface area contributed by atoms with E-state index in [1.807, 2.05) is 0 Å². The second-order valence-electron chi connectivity index (χ2n) is 4.89. The van der Waals surface area contributed by atoms with Crippen LogP contribution < -0.4 is 10.6 Å². The van der Waals surface area contributed by atoms with Gasteiger partial charge in [-0.05, 0) is 30.9 Å². The highest BCUT2D eigenvalue weighted by molar-refractivity contribution is 5.92. The standard InChI is InChI=1S/C14H19FN2O2/c15-11-5-1-2-6-13(11)17-14(19)8-16-12-7-3-4-10(12)9-18/h1-2,5-6,10,12,16,18H,3-4,7-9H2,(H,17,19). The van der Waals surface area contributed by atoms with Gasteiger partial charge in [0.15, 0.2) is 0 Å². The first kappa shape index (κ1) is 14.0. The maximum Gasteiger partial charge on any atom is 0.238 e. The summed E-state index contributed by atoms with van der Waals surface area (Å²) in [6, 6.07) is 6.26. The molecule has 0 spiro atoms. The Labute approximate surface area is 112 Å². The summed E-state index contributed by atoms with van der Waals surface area (Å²) in [4.78, 5) is 11.7. The molecule has 0 radical (unpaired) electrons. The number of aliphatic hydroxyl groups excluding tert-OH is 1. The van der Waals surface area contributed by atoms with Crippen molar-refractivity contribution in [2.24, 2.45) is 5.92 Å². The molecule has 4 nitrogen and oxygen atoms in total. The second-order valence-corrected chi connectivity index (χ2v) is 4.89. The minimum Gasteiger partial charge on any atom is -0.396 e. The normalized spacial score (nSPS) is 22.4. The smallest absolute Gasteiger partial charge is 0.238 e. The van der Waals surface area contributed by atoms with Crippen LogP contribution in [0.15, 0.2) is 24.3 Å². The van der Waals surface area contributed by atoms with E-state index < -0.39 is 5.82 Å². The zero-order valence-electron chi connectivity index (χ0n) is 10.7. The first-order valence-electron chi connectivity index (χ1n) is 6.59. The van der Waals surface area contributed by atoms with Gasteiger partial charge in [-0.15, -0.1) is 0 Å². The number of hydrogen-bond acceptors (Lipinski definition) is 3. The Balaban J connectivity index is 1.80. The Hall–Kier alpha value is -1.46. The van der Waals surface area contributed by atoms with Crippen LogP contribution in [0.4, 0.5) is 10.1 Å². The third-order valence-electron chi connectivity index (χ3n) is 3.57. The summed E-state index contributed by atoms with van der Waals surface area (Å²) in [6.45, 7) is 0.280. The predicted molar refractivity (Wildman–Crippen MR) is 71.2 cm³/mol. The highest BCUT2D eigenvalue weighted by Crippen LogP contribution is 2.24. The number of halogens is 1. The molecule has 1 amide bonds. The van der Waals surface area contributed by atoms with Crippen LogP contribution in [0.3, 0.4) is 0 Å². The third-order valence-corrected chi connectivity index (χ3v) is 3.57. The van der Waals surface area contributed by atoms with Gasteiger partial charge in [-0.25, -0.2) is 4.39 Å². The summed E-state index contributed by atoms with van der Waals surface area (Å²) in [5, 5.41) is 14.8. The molecule has 5 heteroatoms. The number of benzene rings is 1. The molecule has 1 aromatic carbocycles. The average Bonchev–Trinajstić information content (AvgIpc) is 2.86. The van der Waals surface area contributed by atoms with Crippen molar-refractivity contribution in [2.75, 3.05) is 18.5 Å². The lowest BCUT2D eigenvalue weighted by Crippen LogP contribution is -2.39. The molecule has 1 aromatic rings. The highest BCUT2D eigenvalue weighted by atomic mass is 19.1. The van der Waals surface area contributed by atoms with Crippen LogP contribution in [0.2, 0.25) is 0 Å². The second kappa shape index (κ2) is 6.63. The summed E-state index contributed by atoms with van der Waals surface area (Å²) < 4.78 is 13.3. The summed E-state index contributed by atoms with van der Waals surface area (Å²) >= 11 is 0. The summed E-state index contributed by atoms with van der Waals surface area (Å²) in [7, 11) is 0. The van der Waals surface area contributed by atoms with Crippen LogP contribution in [-0.4, -0.2) is 30.2 Å². The Morgan fingerprint density at radius 2 is 2.16 bits per heavy atom. The lowest BCUT2D eigenvalue weighted by atomic mass is 10.1. The Kier molecular flexibility index (Phi) is 4.87. The number of anilines is 1. The fraction of sp³-hybridized carbons (Fsp3) is 0.500. The summed E-state index contributed by atoms with van der Waals surface area (Å²) in [5.41, 5.74) is 0.194. The van der Waals surface area contributed by atoms with Crippen molar-refractivity contribution in [1.82, 2.24) is 5.32 Å². The van der Waals surface area contributed by atoms with Crippen molar-refractivity contribution in [1.29, 1.82) is 0 Å². The maximum atomic E-state index is 13.3. The molecule has 1 fully saturated rings. The SMILES string of the molecule is O=C(CNC1CCCC1CO)Nc1ccccc1F. The van der Waals surface area contributed by atoms with Crippen molar-refractivity contribution >= 4 is 11.6 Å². The van der Waals surface area contributed by atoms with E-state index in [0.29, 0.717) is 0 Å². The quantitative estimate of drug-likeness (QED) is 0.757. The van der Waals surface area contributed by atoms with Crippen molar-refractivity contribution in [3.8, 4) is 0 Å². The molecule has 3 N–H and O–H groups in total. The van der Waals surface area contributed by atoms with Gasteiger partial charge >= 0.3 is 0 Å². The topological polar surface area (TPSA) is 61.4 Å². The van der Waals surface area contributed by atoms with Crippen LogP contribution in [0, 0.1) is 11.7 Å². The molecule has 0 aromatic heterocycles. The molecule has 2 unspecified atom stereocenters. The van der Waals surface area contributed by atoms with Gasteiger partial charge < -0.3 is 15.7 Å². The minimum absolute atomic E-state index is 0.134. The fourth-order valence-corrected chi connectivity index (χ4v) is 2.50. The van der Waals surface area contributed by atoms with E-state index in [2.05, 4.69) is 10.6 Å². The first-order valence-corrected chi connectivity index (χ1v) is 6.59. The van der Waals surface area contributed by atoms with E-state index in [-0.39, 0.29) is 36.7 Å². The van der Waals surface area contributed by atoms with E-state index >= 15 is 0 Å². The maximum absolute atomic E-state index is 13.3. The molecule has 0 heterocycles. The van der Waals surface area contributed by atoms with Gasteiger partial charge in [0, 0.05) is 12.6 Å². The van der Waals surface area contributed by atoms with Crippen molar-refractivity contribution < 1.29 is 14.3 Å². The number of nitrogens with one attached hydrogen (secondary N) is 2. The first-order chi connectivity index (χ1) is 9.20. The average molecular weight is 266 g/mol. The number of carbonyl (C=O) groups excluding carboxylic acids is 1. The van der Waals surface area contributed by atoms with Crippen molar-refractivity contribution in [2.45, 2.75) is 25.3 Å². The fourth-order valence-electron chi connectivity index (χ4n) is 2.50. The molecule has 0 aliphatic heterocycles. The molecule has 1 saturated carbocycles. The van der Waals surface area contributed by atoms with E-state index in [9.17, 15) is 14.3 Å². The highest BCUT2D eigenvalue weighted by Gasteiger charge is 2.26. The van der Waals surface area contributed by atoms with Crippen molar-refractivity contribution in [3.05, 3.63) is 30.1 Å². The van der Waals surface area contributed by atoms with Gasteiger partial charge in [-0.2, -0.15) is 0 Å². The molecular formula is C14H19FN2O2. The lowest BCUT2D eigenvalue weighted by Gasteiger charge is -2.18. The van der Waals surface area contributed by atoms with Crippen LogP contribution in [0.1, 0.15) is 19.3 Å². The van der Waals surface area contributed by atoms with E-state index in [4.69, 9.17) is 0 Å². The Morgan fingerprint density at radius 3 is 2.89 bits per heavy atom. The molecule has 2 rings (SSSR count). The predicted octanol–water partition coefficient (Wildman–Crippen LogP) is 1.51. The van der Waals surface area contributed by atoms with Gasteiger partial charge in [0.05, 0.1) is 12.2 Å². The number of rotatable bonds is 5. The molecule has 2 atom stereocenters. The molecule has 0 saturated heterocycles. The molecule has 1 aliphatic carbocycles. The molecule has 0 bridgehead atoms. The van der Waals surface area contributed by atoms with Crippen molar-refractivity contribution in [3.63, 3.8) is 0 Å². The van der Waals surface area contributed by atoms with E-state index in [1.54, 1.807) is 12.1 Å². The number of amides is 1. The molecule has 1 aliphatic rings. The Morgan fingerprint density at radius 1 is 1.37 bits per heavy atom. The van der Waals surface area contributed by atoms with E-state index in [1.165, 1.54) is 12.1 Å². The number of aliphatic hydroxyl groups is 1. The van der Waals surface area contributed by atoms with Crippen LogP contribution in [0.5, 0.6) is 0 Å². The van der Waals surface area contributed by atoms with Gasteiger partial charge in [0.2, 0.25) is 5.91 Å². The molecular weight excluding hydrogens is 247 g/mol. The zero-order valence-corrected chi connectivity index (χ0v) is 10.7. The molecule has 19 heavy (non-hydrogen) atoms. The molecule has 104 valence electrons. The van der Waals surface area contributed by atoms with E-state index in [0.717, 1.165) is 19.3 Å². The third kappa shape index (κ3) is 3.75. The van der Waals surface area contributed by atoms with Crippen LogP contribution in [-0.2, 0) is 4.79 Å². The van der Waals surface area contributed by atoms with Gasteiger partial charge in [-0.3, -0.25) is 4.79 Å². The summed E-state index contributed by atoms with van der Waals surface area (Å²) in [5.74, 6) is -0.486. The minimum atomic E-state index is -0.440. The van der Waals surface area contributed by atoms with Gasteiger partial charge in [-0.1, -0.05) is 18.6 Å². The summed E-state index contributed by atoms with van der Waals surface area (Å²) in [6.07, 6.45) is 3.03. The number of hydrogen-bond donors (Lipinski definition) is 3.